The van der Waals surface area contributed by atoms with E-state index in [1.807, 2.05) is 0 Å². The minimum absolute atomic E-state index is 0.446. The number of esters is 3. The summed E-state index contributed by atoms with van der Waals surface area (Å²) in [5.41, 5.74) is 8.93. The minimum Gasteiger partial charge on any atom is -0.463 e. The maximum absolute atomic E-state index is 11.5. The predicted octanol–water partition coefficient (Wildman–Crippen LogP) is 2.18. The zero-order valence-corrected chi connectivity index (χ0v) is 17.6. The van der Waals surface area contributed by atoms with Crippen LogP contribution in [0.2, 0.25) is 0 Å². The van der Waals surface area contributed by atoms with Crippen LogP contribution in [0.5, 0.6) is 0 Å². The first-order valence-electron chi connectivity index (χ1n) is 7.86. The summed E-state index contributed by atoms with van der Waals surface area (Å²) in [6.07, 6.45) is -5.66. The van der Waals surface area contributed by atoms with Gasteiger partial charge in [-0.15, -0.1) is 0 Å². The fourth-order valence-electron chi connectivity index (χ4n) is 2.35. The molecule has 0 aliphatic carbocycles. The topological polar surface area (TPSA) is 170 Å². The molecule has 0 radical (unpaired) electrons. The smallest absolute Gasteiger partial charge is 0.303 e. The molecule has 1 rings (SSSR count). The number of ether oxygens (including phenoxy) is 5. The normalized spacial score (nSPS) is 26.5. The summed E-state index contributed by atoms with van der Waals surface area (Å²) >= 11 is 16.8. The number of carbonyl (C=O) groups excluding carboxylic acids is 3. The molecule has 5 atom stereocenters. The summed E-state index contributed by atoms with van der Waals surface area (Å²) in [5, 5.41) is 11.2. The molecule has 0 bridgehead atoms. The van der Waals surface area contributed by atoms with E-state index in [1.165, 1.54) is 0 Å². The number of rotatable bonds is 6. The highest BCUT2D eigenvalue weighted by atomic mass is 35.6. The number of nitrogens with zero attached hydrogens (tertiary/aromatic N) is 3. The molecule has 1 fully saturated rings. The lowest BCUT2D eigenvalue weighted by Gasteiger charge is -2.43. The fourth-order valence-corrected chi connectivity index (χ4v) is 2.49. The largest absolute Gasteiger partial charge is 0.463 e. The maximum atomic E-state index is 11.5. The van der Waals surface area contributed by atoms with E-state index in [-0.39, 0.29) is 0 Å². The molecule has 0 spiro atoms. The van der Waals surface area contributed by atoms with Gasteiger partial charge in [-0.2, -0.15) is 0 Å². The molecule has 1 heterocycles. The first-order valence-corrected chi connectivity index (χ1v) is 9.00. The van der Waals surface area contributed by atoms with Crippen LogP contribution in [-0.2, 0) is 38.1 Å². The van der Waals surface area contributed by atoms with Crippen LogP contribution in [0.3, 0.4) is 0 Å². The minimum atomic E-state index is -2.28. The third-order valence-corrected chi connectivity index (χ3v) is 3.86. The zero-order valence-electron chi connectivity index (χ0n) is 15.3. The molecule has 15 heteroatoms. The van der Waals surface area contributed by atoms with E-state index in [0.29, 0.717) is 0 Å². The second-order valence-electron chi connectivity index (χ2n) is 5.63. The monoisotopic (exact) mass is 474 g/mol. The summed E-state index contributed by atoms with van der Waals surface area (Å²) in [6, 6.07) is -1.38. The number of halogens is 3. The highest BCUT2D eigenvalue weighted by molar-refractivity contribution is 6.76. The van der Waals surface area contributed by atoms with E-state index < -0.39 is 64.8 Å². The van der Waals surface area contributed by atoms with Crippen LogP contribution in [0.25, 0.3) is 10.4 Å². The molecule has 162 valence electrons. The summed E-state index contributed by atoms with van der Waals surface area (Å²) < 4.78 is 23.5. The maximum Gasteiger partial charge on any atom is 0.303 e. The van der Waals surface area contributed by atoms with Gasteiger partial charge in [-0.1, -0.05) is 39.9 Å². The SMILES string of the molecule is CC(=O)OC[C@H]1O[C@H](OC(=N)C(Cl)(Cl)Cl)[C@H](OC(C)=O)[C@@H](N=[N+]=[N-])[C@@H]1OC(C)=O. The van der Waals surface area contributed by atoms with Crippen molar-refractivity contribution in [3.05, 3.63) is 10.4 Å². The number of azide groups is 1. The van der Waals surface area contributed by atoms with Crippen LogP contribution >= 0.6 is 34.8 Å². The lowest BCUT2D eigenvalue weighted by Crippen LogP contribution is -2.61. The van der Waals surface area contributed by atoms with Gasteiger partial charge in [0.2, 0.25) is 12.2 Å². The van der Waals surface area contributed by atoms with Gasteiger partial charge in [0.1, 0.15) is 24.9 Å². The fraction of sp³-hybridized carbons (Fsp3) is 0.714. The van der Waals surface area contributed by atoms with Crippen LogP contribution in [0.1, 0.15) is 20.8 Å². The van der Waals surface area contributed by atoms with Crippen LogP contribution in [-0.4, -0.2) is 64.8 Å². The average Bonchev–Trinajstić information content (AvgIpc) is 2.56. The molecule has 0 aromatic heterocycles. The van der Waals surface area contributed by atoms with Gasteiger partial charge in [-0.3, -0.25) is 19.8 Å². The molecule has 0 aromatic carbocycles. The summed E-state index contributed by atoms with van der Waals surface area (Å²) in [7, 11) is 0. The van der Waals surface area contributed by atoms with Gasteiger partial charge in [0.05, 0.1) is 0 Å². The highest BCUT2D eigenvalue weighted by Crippen LogP contribution is 2.33. The molecule has 0 aromatic rings. The van der Waals surface area contributed by atoms with E-state index in [9.17, 15) is 14.4 Å². The van der Waals surface area contributed by atoms with Gasteiger partial charge < -0.3 is 23.7 Å². The molecule has 12 nitrogen and oxygen atoms in total. The molecule has 1 aliphatic heterocycles. The van der Waals surface area contributed by atoms with Crippen molar-refractivity contribution >= 4 is 58.6 Å². The van der Waals surface area contributed by atoms with Crippen molar-refractivity contribution in [3.8, 4) is 0 Å². The molecule has 1 aliphatic rings. The lowest BCUT2D eigenvalue weighted by atomic mass is 9.96. The Balaban J connectivity index is 3.35. The van der Waals surface area contributed by atoms with Crippen LogP contribution in [0, 0.1) is 5.41 Å². The van der Waals surface area contributed by atoms with Crippen molar-refractivity contribution in [1.82, 2.24) is 0 Å². The van der Waals surface area contributed by atoms with Crippen molar-refractivity contribution in [1.29, 1.82) is 5.41 Å². The number of nitrogens with one attached hydrogen (secondary N) is 1. The van der Waals surface area contributed by atoms with Crippen molar-refractivity contribution in [3.63, 3.8) is 0 Å². The molecular weight excluding hydrogens is 459 g/mol. The number of hydrogen-bond acceptors (Lipinski definition) is 10. The van der Waals surface area contributed by atoms with E-state index in [4.69, 9.17) is 69.4 Å². The van der Waals surface area contributed by atoms with Crippen molar-refractivity contribution < 1.29 is 38.1 Å². The Kier molecular flexibility index (Phi) is 9.24. The molecule has 0 amide bonds. The molecular formula is C14H17Cl3N4O8. The zero-order chi connectivity index (χ0) is 22.4. The molecule has 29 heavy (non-hydrogen) atoms. The van der Waals surface area contributed by atoms with Gasteiger partial charge >= 0.3 is 17.9 Å². The van der Waals surface area contributed by atoms with Crippen LogP contribution < -0.4 is 0 Å². The number of hydrogen-bond donors (Lipinski definition) is 1. The van der Waals surface area contributed by atoms with E-state index in [2.05, 4.69) is 10.0 Å². The highest BCUT2D eigenvalue weighted by Gasteiger charge is 2.52. The first kappa shape index (κ1) is 25.1. The summed E-state index contributed by atoms with van der Waals surface area (Å²) in [4.78, 5) is 36.9. The average molecular weight is 476 g/mol. The quantitative estimate of drug-likeness (QED) is 0.0890. The van der Waals surface area contributed by atoms with Gasteiger partial charge in [0, 0.05) is 25.7 Å². The number of alkyl halides is 3. The standard InChI is InChI=1S/C14H17Cl3N4O8/c1-5(22)25-4-8-10(26-6(2)23)9(20-21-19)11(27-7(3)24)12(28-8)29-13(18)14(15,16)17/h8-12,18H,4H2,1-3H3/t8-,9+,10-,11-,12-/m1/s1. The second-order valence-corrected chi connectivity index (χ2v) is 7.92. The van der Waals surface area contributed by atoms with Gasteiger partial charge in [0.25, 0.3) is 3.79 Å². The third-order valence-electron chi connectivity index (χ3n) is 3.35. The third kappa shape index (κ3) is 7.75. The van der Waals surface area contributed by atoms with Crippen molar-refractivity contribution in [2.75, 3.05) is 6.61 Å². The van der Waals surface area contributed by atoms with Crippen LogP contribution in [0.4, 0.5) is 0 Å². The van der Waals surface area contributed by atoms with Gasteiger partial charge in [0.15, 0.2) is 6.10 Å². The first-order chi connectivity index (χ1) is 13.4. The van der Waals surface area contributed by atoms with Gasteiger partial charge in [-0.25, -0.2) is 0 Å². The Morgan fingerprint density at radius 2 is 1.62 bits per heavy atom. The molecule has 0 unspecified atom stereocenters. The summed E-state index contributed by atoms with van der Waals surface area (Å²) in [6.45, 7) is 2.81. The Hall–Kier alpha value is -1.98. The Bertz CT molecular complexity index is 709. The molecule has 1 saturated heterocycles. The predicted molar refractivity (Wildman–Crippen MR) is 98.4 cm³/mol. The van der Waals surface area contributed by atoms with E-state index in [1.54, 1.807) is 0 Å². The summed E-state index contributed by atoms with van der Waals surface area (Å²) in [5.74, 6) is -3.17. The Labute approximate surface area is 179 Å². The Morgan fingerprint density at radius 3 is 2.07 bits per heavy atom. The van der Waals surface area contributed by atoms with Crippen molar-refractivity contribution in [2.45, 2.75) is 55.2 Å². The van der Waals surface area contributed by atoms with Crippen LogP contribution in [0.15, 0.2) is 5.11 Å². The van der Waals surface area contributed by atoms with E-state index in [0.717, 1.165) is 20.8 Å². The lowest BCUT2D eigenvalue weighted by molar-refractivity contribution is -0.263. The molecule has 0 saturated carbocycles. The van der Waals surface area contributed by atoms with E-state index >= 15 is 0 Å². The van der Waals surface area contributed by atoms with Crippen molar-refractivity contribution in [2.24, 2.45) is 5.11 Å². The number of carbonyl (C=O) groups is 3. The second kappa shape index (κ2) is 10.7. The Morgan fingerprint density at radius 1 is 1.07 bits per heavy atom. The van der Waals surface area contributed by atoms with Gasteiger partial charge in [-0.05, 0) is 5.53 Å². The molecule has 1 N–H and O–H groups in total.